The zero-order valence-electron chi connectivity index (χ0n) is 8.72. The topological polar surface area (TPSA) is 26.0 Å². The van der Waals surface area contributed by atoms with E-state index in [1.807, 2.05) is 0 Å². The van der Waals surface area contributed by atoms with Crippen molar-refractivity contribution in [2.75, 3.05) is 0 Å². The minimum absolute atomic E-state index is 0.0425. The predicted molar refractivity (Wildman–Crippen MR) is 58.1 cm³/mol. The van der Waals surface area contributed by atoms with Crippen molar-refractivity contribution in [3.05, 3.63) is 34.9 Å². The summed E-state index contributed by atoms with van der Waals surface area (Å²) >= 11 is 0. The van der Waals surface area contributed by atoms with Crippen molar-refractivity contribution in [1.29, 1.82) is 0 Å². The first-order valence-corrected chi connectivity index (χ1v) is 5.58. The lowest BCUT2D eigenvalue weighted by molar-refractivity contribution is 0.627. The summed E-state index contributed by atoms with van der Waals surface area (Å²) in [6, 6.07) is 6.89. The summed E-state index contributed by atoms with van der Waals surface area (Å²) in [5.41, 5.74) is 10.7. The van der Waals surface area contributed by atoms with Crippen molar-refractivity contribution in [3.63, 3.8) is 0 Å². The number of rotatable bonds is 1. The molecule has 1 aromatic carbocycles. The van der Waals surface area contributed by atoms with Gasteiger partial charge in [0.1, 0.15) is 0 Å². The molecular formula is C13H17N. The Bertz CT molecular complexity index is 377. The molecule has 0 saturated heterocycles. The normalized spacial score (nSPS) is 27.4. The maximum Gasteiger partial charge on any atom is 0.0411 e. The number of hydrogen-bond donors (Lipinski definition) is 1. The molecule has 0 aromatic heterocycles. The summed E-state index contributed by atoms with van der Waals surface area (Å²) in [7, 11) is 0. The molecule has 0 bridgehead atoms. The van der Waals surface area contributed by atoms with E-state index >= 15 is 0 Å². The quantitative estimate of drug-likeness (QED) is 0.717. The van der Waals surface area contributed by atoms with Crippen molar-refractivity contribution >= 4 is 0 Å². The van der Waals surface area contributed by atoms with Crippen LogP contribution in [0.5, 0.6) is 0 Å². The van der Waals surface area contributed by atoms with Crippen molar-refractivity contribution in [3.8, 4) is 0 Å². The summed E-state index contributed by atoms with van der Waals surface area (Å²) in [5.74, 6) is 0.827. The molecule has 1 atom stereocenters. The van der Waals surface area contributed by atoms with Crippen molar-refractivity contribution in [2.24, 2.45) is 11.7 Å². The van der Waals surface area contributed by atoms with Gasteiger partial charge < -0.3 is 5.73 Å². The average Bonchev–Trinajstić information content (AvgIpc) is 2.79. The fraction of sp³-hybridized carbons (Fsp3) is 0.538. The fourth-order valence-corrected chi connectivity index (χ4v) is 2.57. The van der Waals surface area contributed by atoms with Gasteiger partial charge in [0, 0.05) is 5.54 Å². The molecule has 0 aliphatic heterocycles. The standard InChI is InChI=1S/C13H17N/c1-9-6-10-2-3-12(8-11(10)7-9)13(14)4-5-13/h2-3,8-9H,4-7,14H2,1H3. The fourth-order valence-electron chi connectivity index (χ4n) is 2.57. The van der Waals surface area contributed by atoms with Crippen LogP contribution in [0.2, 0.25) is 0 Å². The Kier molecular flexibility index (Phi) is 1.58. The van der Waals surface area contributed by atoms with Crippen LogP contribution in [0, 0.1) is 5.92 Å². The maximum absolute atomic E-state index is 6.20. The highest BCUT2D eigenvalue weighted by molar-refractivity contribution is 5.40. The van der Waals surface area contributed by atoms with Crippen molar-refractivity contribution < 1.29 is 0 Å². The maximum atomic E-state index is 6.20. The Hall–Kier alpha value is -0.820. The third-order valence-electron chi connectivity index (χ3n) is 3.71. The van der Waals surface area contributed by atoms with Crippen LogP contribution >= 0.6 is 0 Å². The van der Waals surface area contributed by atoms with E-state index in [4.69, 9.17) is 5.73 Å². The van der Waals surface area contributed by atoms with E-state index in [2.05, 4.69) is 25.1 Å². The molecule has 74 valence electrons. The lowest BCUT2D eigenvalue weighted by Gasteiger charge is -2.10. The Balaban J connectivity index is 2.00. The van der Waals surface area contributed by atoms with Gasteiger partial charge in [-0.2, -0.15) is 0 Å². The molecule has 1 saturated carbocycles. The third kappa shape index (κ3) is 1.19. The molecular weight excluding hydrogens is 170 g/mol. The van der Waals surface area contributed by atoms with E-state index in [0.29, 0.717) is 0 Å². The van der Waals surface area contributed by atoms with Gasteiger partial charge in [-0.25, -0.2) is 0 Å². The van der Waals surface area contributed by atoms with Gasteiger partial charge in [0.05, 0.1) is 0 Å². The average molecular weight is 187 g/mol. The van der Waals surface area contributed by atoms with Crippen molar-refractivity contribution in [2.45, 2.75) is 38.1 Å². The van der Waals surface area contributed by atoms with E-state index in [0.717, 1.165) is 5.92 Å². The van der Waals surface area contributed by atoms with Gasteiger partial charge in [0.2, 0.25) is 0 Å². The number of hydrogen-bond acceptors (Lipinski definition) is 1. The largest absolute Gasteiger partial charge is 0.321 e. The molecule has 2 aliphatic rings. The molecule has 0 amide bonds. The summed E-state index contributed by atoms with van der Waals surface area (Å²) in [5, 5.41) is 0. The first-order valence-electron chi connectivity index (χ1n) is 5.58. The first kappa shape index (κ1) is 8.49. The molecule has 1 fully saturated rings. The second-order valence-electron chi connectivity index (χ2n) is 5.15. The van der Waals surface area contributed by atoms with Crippen LogP contribution in [-0.2, 0) is 18.4 Å². The molecule has 0 spiro atoms. The second kappa shape index (κ2) is 2.60. The van der Waals surface area contributed by atoms with Gasteiger partial charge in [-0.05, 0) is 48.3 Å². The highest BCUT2D eigenvalue weighted by Crippen LogP contribution is 2.43. The summed E-state index contributed by atoms with van der Waals surface area (Å²) in [6.45, 7) is 2.33. The lowest BCUT2D eigenvalue weighted by atomic mass is 10.0. The zero-order valence-corrected chi connectivity index (χ0v) is 8.72. The van der Waals surface area contributed by atoms with Gasteiger partial charge in [-0.1, -0.05) is 25.1 Å². The van der Waals surface area contributed by atoms with Gasteiger partial charge >= 0.3 is 0 Å². The van der Waals surface area contributed by atoms with Gasteiger partial charge in [0.15, 0.2) is 0 Å². The van der Waals surface area contributed by atoms with Gasteiger partial charge in [-0.3, -0.25) is 0 Å². The molecule has 1 nitrogen and oxygen atoms in total. The van der Waals surface area contributed by atoms with Crippen LogP contribution < -0.4 is 5.73 Å². The highest BCUT2D eigenvalue weighted by atomic mass is 14.8. The zero-order chi connectivity index (χ0) is 9.76. The summed E-state index contributed by atoms with van der Waals surface area (Å²) in [6.07, 6.45) is 4.84. The van der Waals surface area contributed by atoms with Crippen LogP contribution in [0.3, 0.4) is 0 Å². The van der Waals surface area contributed by atoms with E-state index in [-0.39, 0.29) is 5.54 Å². The first-order chi connectivity index (χ1) is 6.67. The minimum atomic E-state index is 0.0425. The molecule has 1 heteroatoms. The van der Waals surface area contributed by atoms with Gasteiger partial charge in [0.25, 0.3) is 0 Å². The highest BCUT2D eigenvalue weighted by Gasteiger charge is 2.40. The van der Waals surface area contributed by atoms with E-state index in [1.165, 1.54) is 31.2 Å². The van der Waals surface area contributed by atoms with Crippen LogP contribution in [0.15, 0.2) is 18.2 Å². The van der Waals surface area contributed by atoms with Crippen LogP contribution in [0.1, 0.15) is 36.5 Å². The van der Waals surface area contributed by atoms with Gasteiger partial charge in [-0.15, -0.1) is 0 Å². The summed E-state index contributed by atoms with van der Waals surface area (Å²) < 4.78 is 0. The number of nitrogens with two attached hydrogens (primary N) is 1. The SMILES string of the molecule is CC1Cc2ccc(C3(N)CC3)cc2C1. The minimum Gasteiger partial charge on any atom is -0.321 e. The molecule has 3 rings (SSSR count). The number of fused-ring (bicyclic) bond motifs is 1. The molecule has 0 radical (unpaired) electrons. The smallest absolute Gasteiger partial charge is 0.0411 e. The van der Waals surface area contributed by atoms with E-state index in [1.54, 1.807) is 11.1 Å². The van der Waals surface area contributed by atoms with Crippen molar-refractivity contribution in [1.82, 2.24) is 0 Å². The van der Waals surface area contributed by atoms with Crippen LogP contribution in [0.25, 0.3) is 0 Å². The van der Waals surface area contributed by atoms with E-state index < -0.39 is 0 Å². The Labute approximate surface area is 85.3 Å². The Morgan fingerprint density at radius 3 is 2.64 bits per heavy atom. The van der Waals surface area contributed by atoms with E-state index in [9.17, 15) is 0 Å². The Morgan fingerprint density at radius 1 is 1.21 bits per heavy atom. The lowest BCUT2D eigenvalue weighted by Crippen LogP contribution is -2.18. The molecule has 1 unspecified atom stereocenters. The van der Waals surface area contributed by atoms with Crippen LogP contribution in [-0.4, -0.2) is 0 Å². The predicted octanol–water partition coefficient (Wildman–Crippen LogP) is 2.37. The van der Waals surface area contributed by atoms with Crippen LogP contribution in [0.4, 0.5) is 0 Å². The Morgan fingerprint density at radius 2 is 1.93 bits per heavy atom. The number of benzene rings is 1. The molecule has 14 heavy (non-hydrogen) atoms. The summed E-state index contributed by atoms with van der Waals surface area (Å²) in [4.78, 5) is 0. The third-order valence-corrected chi connectivity index (χ3v) is 3.71. The molecule has 1 aromatic rings. The monoisotopic (exact) mass is 187 g/mol. The molecule has 2 aliphatic carbocycles. The molecule has 0 heterocycles. The molecule has 2 N–H and O–H groups in total. The second-order valence-corrected chi connectivity index (χ2v) is 5.15.